The van der Waals surface area contributed by atoms with E-state index in [0.29, 0.717) is 25.0 Å². The number of piperidine rings is 1. The van der Waals surface area contributed by atoms with Crippen LogP contribution in [0.15, 0.2) is 35.4 Å². The molecule has 2 unspecified atom stereocenters. The van der Waals surface area contributed by atoms with Crippen LogP contribution in [0.5, 0.6) is 0 Å². The molecule has 0 aliphatic carbocycles. The zero-order chi connectivity index (χ0) is 15.9. The number of pyridine rings is 1. The van der Waals surface area contributed by atoms with Gasteiger partial charge in [-0.25, -0.2) is 8.42 Å². The maximum absolute atomic E-state index is 13.0. The van der Waals surface area contributed by atoms with Gasteiger partial charge in [0, 0.05) is 30.7 Å². The Bertz CT molecular complexity index is 804. The van der Waals surface area contributed by atoms with Crippen molar-refractivity contribution in [2.75, 3.05) is 13.1 Å². The van der Waals surface area contributed by atoms with Crippen LogP contribution in [-0.4, -0.2) is 36.8 Å². The van der Waals surface area contributed by atoms with Gasteiger partial charge < -0.3 is 5.73 Å². The van der Waals surface area contributed by atoms with Crippen LogP contribution in [0.1, 0.15) is 18.9 Å². The van der Waals surface area contributed by atoms with Crippen LogP contribution in [-0.2, 0) is 10.0 Å². The SMILES string of the molecule is Cc1cnc2c(S(=O)(=O)N3CCC(N)C(C)C3)cccc2c1. The molecule has 118 valence electrons. The first-order valence-corrected chi connectivity index (χ1v) is 8.94. The highest BCUT2D eigenvalue weighted by Gasteiger charge is 2.33. The lowest BCUT2D eigenvalue weighted by molar-refractivity contribution is 0.250. The molecule has 1 aromatic carbocycles. The minimum Gasteiger partial charge on any atom is -0.327 e. The fourth-order valence-electron chi connectivity index (χ4n) is 2.93. The Morgan fingerprint density at radius 1 is 1.36 bits per heavy atom. The molecule has 1 aromatic heterocycles. The van der Waals surface area contributed by atoms with Gasteiger partial charge in [-0.2, -0.15) is 4.31 Å². The molecule has 2 atom stereocenters. The molecule has 1 aliphatic heterocycles. The number of hydrogen-bond donors (Lipinski definition) is 1. The van der Waals surface area contributed by atoms with Crippen LogP contribution in [0.25, 0.3) is 10.9 Å². The summed E-state index contributed by atoms with van der Waals surface area (Å²) < 4.78 is 27.5. The number of rotatable bonds is 2. The minimum absolute atomic E-state index is 0.0692. The highest BCUT2D eigenvalue weighted by atomic mass is 32.2. The molecule has 2 N–H and O–H groups in total. The number of aromatic nitrogens is 1. The zero-order valence-electron chi connectivity index (χ0n) is 12.9. The average molecular weight is 319 g/mol. The normalized spacial score (nSPS) is 23.8. The van der Waals surface area contributed by atoms with E-state index < -0.39 is 10.0 Å². The summed E-state index contributed by atoms with van der Waals surface area (Å²) in [6.45, 7) is 4.88. The van der Waals surface area contributed by atoms with Gasteiger partial charge in [0.05, 0.1) is 5.52 Å². The minimum atomic E-state index is -3.54. The molecular formula is C16H21N3O2S. The van der Waals surface area contributed by atoms with Crippen molar-refractivity contribution in [3.8, 4) is 0 Å². The lowest BCUT2D eigenvalue weighted by atomic mass is 9.96. The maximum Gasteiger partial charge on any atom is 0.245 e. The first-order chi connectivity index (χ1) is 10.4. The third-order valence-corrected chi connectivity index (χ3v) is 6.26. The number of nitrogens with zero attached hydrogens (tertiary/aromatic N) is 2. The number of sulfonamides is 1. The number of nitrogens with two attached hydrogens (primary N) is 1. The van der Waals surface area contributed by atoms with Crippen LogP contribution < -0.4 is 5.73 Å². The lowest BCUT2D eigenvalue weighted by Gasteiger charge is -2.34. The Morgan fingerprint density at radius 3 is 2.86 bits per heavy atom. The predicted molar refractivity (Wildman–Crippen MR) is 87.0 cm³/mol. The Kier molecular flexibility index (Phi) is 3.92. The molecule has 2 aromatic rings. The fraction of sp³-hybridized carbons (Fsp3) is 0.438. The molecule has 0 amide bonds. The van der Waals surface area contributed by atoms with Crippen LogP contribution in [0, 0.1) is 12.8 Å². The Labute approximate surface area is 131 Å². The van der Waals surface area contributed by atoms with Crippen LogP contribution in [0.2, 0.25) is 0 Å². The third kappa shape index (κ3) is 2.62. The molecule has 6 heteroatoms. The number of para-hydroxylation sites is 1. The second-order valence-corrected chi connectivity index (χ2v) is 8.04. The number of hydrogen-bond acceptors (Lipinski definition) is 4. The van der Waals surface area contributed by atoms with Crippen molar-refractivity contribution in [2.45, 2.75) is 31.2 Å². The van der Waals surface area contributed by atoms with Gasteiger partial charge in [0.2, 0.25) is 10.0 Å². The molecule has 0 radical (unpaired) electrons. The molecule has 2 heterocycles. The van der Waals surface area contributed by atoms with Crippen molar-refractivity contribution in [2.24, 2.45) is 11.7 Å². The molecule has 0 saturated carbocycles. The number of aryl methyl sites for hydroxylation is 1. The second kappa shape index (κ2) is 5.61. The van der Waals surface area contributed by atoms with Crippen molar-refractivity contribution >= 4 is 20.9 Å². The summed E-state index contributed by atoms with van der Waals surface area (Å²) in [5.74, 6) is 0.161. The molecule has 1 fully saturated rings. The first-order valence-electron chi connectivity index (χ1n) is 7.50. The van der Waals surface area contributed by atoms with E-state index >= 15 is 0 Å². The summed E-state index contributed by atoms with van der Waals surface area (Å²) >= 11 is 0. The topological polar surface area (TPSA) is 76.3 Å². The van der Waals surface area contributed by atoms with Crippen LogP contribution >= 0.6 is 0 Å². The summed E-state index contributed by atoms with van der Waals surface area (Å²) in [5, 5.41) is 0.850. The van der Waals surface area contributed by atoms with E-state index in [1.165, 1.54) is 4.31 Å². The zero-order valence-corrected chi connectivity index (χ0v) is 13.7. The van der Waals surface area contributed by atoms with Gasteiger partial charge in [-0.1, -0.05) is 19.1 Å². The summed E-state index contributed by atoms with van der Waals surface area (Å²) in [7, 11) is -3.54. The van der Waals surface area contributed by atoms with Gasteiger partial charge in [0.15, 0.2) is 0 Å². The van der Waals surface area contributed by atoms with E-state index in [2.05, 4.69) is 4.98 Å². The second-order valence-electron chi connectivity index (χ2n) is 6.13. The fourth-order valence-corrected chi connectivity index (χ4v) is 4.65. The Balaban J connectivity index is 2.06. The molecule has 5 nitrogen and oxygen atoms in total. The Hall–Kier alpha value is -1.50. The third-order valence-electron chi connectivity index (χ3n) is 4.36. The summed E-state index contributed by atoms with van der Waals surface area (Å²) in [4.78, 5) is 4.63. The van der Waals surface area contributed by atoms with Crippen molar-refractivity contribution in [3.63, 3.8) is 0 Å². The molecule has 22 heavy (non-hydrogen) atoms. The van der Waals surface area contributed by atoms with E-state index in [1.807, 2.05) is 26.0 Å². The summed E-state index contributed by atoms with van der Waals surface area (Å²) in [6, 6.07) is 7.33. The van der Waals surface area contributed by atoms with Crippen molar-refractivity contribution < 1.29 is 8.42 Å². The van der Waals surface area contributed by atoms with Gasteiger partial charge in [-0.05, 0) is 37.0 Å². The van der Waals surface area contributed by atoms with E-state index in [4.69, 9.17) is 5.73 Å². The van der Waals surface area contributed by atoms with Crippen molar-refractivity contribution in [3.05, 3.63) is 36.0 Å². The Morgan fingerprint density at radius 2 is 2.14 bits per heavy atom. The standard InChI is InChI=1S/C16H21N3O2S/c1-11-8-13-4-3-5-15(16(13)18-9-11)22(20,21)19-7-6-14(17)12(2)10-19/h3-5,8-9,12,14H,6-7,10,17H2,1-2H3. The van der Waals surface area contributed by atoms with Crippen molar-refractivity contribution in [1.29, 1.82) is 0 Å². The maximum atomic E-state index is 13.0. The van der Waals surface area contributed by atoms with E-state index in [0.717, 1.165) is 10.9 Å². The average Bonchev–Trinajstić information content (AvgIpc) is 2.49. The van der Waals surface area contributed by atoms with Crippen LogP contribution in [0.4, 0.5) is 0 Å². The van der Waals surface area contributed by atoms with E-state index in [9.17, 15) is 8.42 Å². The largest absolute Gasteiger partial charge is 0.327 e. The predicted octanol–water partition coefficient (Wildman–Crippen LogP) is 1.90. The van der Waals surface area contributed by atoms with Crippen molar-refractivity contribution in [1.82, 2.24) is 9.29 Å². The van der Waals surface area contributed by atoms with Gasteiger partial charge in [-0.15, -0.1) is 0 Å². The molecule has 1 aliphatic rings. The van der Waals surface area contributed by atoms with E-state index in [-0.39, 0.29) is 16.9 Å². The number of benzene rings is 1. The quantitative estimate of drug-likeness (QED) is 0.917. The van der Waals surface area contributed by atoms with Gasteiger partial charge in [-0.3, -0.25) is 4.98 Å². The van der Waals surface area contributed by atoms with Gasteiger partial charge in [0.25, 0.3) is 0 Å². The smallest absolute Gasteiger partial charge is 0.245 e. The lowest BCUT2D eigenvalue weighted by Crippen LogP contribution is -2.48. The molecule has 3 rings (SSSR count). The highest BCUT2D eigenvalue weighted by molar-refractivity contribution is 7.89. The monoisotopic (exact) mass is 319 g/mol. The van der Waals surface area contributed by atoms with Gasteiger partial charge in [0.1, 0.15) is 4.90 Å². The van der Waals surface area contributed by atoms with E-state index in [1.54, 1.807) is 18.3 Å². The summed E-state index contributed by atoms with van der Waals surface area (Å²) in [5.41, 5.74) is 7.55. The highest BCUT2D eigenvalue weighted by Crippen LogP contribution is 2.27. The molecular weight excluding hydrogens is 298 g/mol. The summed E-state index contributed by atoms with van der Waals surface area (Å²) in [6.07, 6.45) is 2.40. The number of fused-ring (bicyclic) bond motifs is 1. The van der Waals surface area contributed by atoms with Crippen LogP contribution in [0.3, 0.4) is 0 Å². The van der Waals surface area contributed by atoms with Gasteiger partial charge >= 0.3 is 0 Å². The molecule has 1 saturated heterocycles. The first kappa shape index (κ1) is 15.4. The molecule has 0 spiro atoms. The molecule has 0 bridgehead atoms.